The fourth-order valence-corrected chi connectivity index (χ4v) is 1.18. The van der Waals surface area contributed by atoms with Crippen molar-refractivity contribution in [2.24, 2.45) is 11.7 Å². The fraction of sp³-hybridized carbons (Fsp3) is 0.625. The van der Waals surface area contributed by atoms with Gasteiger partial charge in [0.05, 0.1) is 6.20 Å². The molecule has 1 heterocycles. The van der Waals surface area contributed by atoms with E-state index < -0.39 is 0 Å². The quantitative estimate of drug-likeness (QED) is 0.847. The number of nitrogens with zero attached hydrogens (tertiary/aromatic N) is 2. The summed E-state index contributed by atoms with van der Waals surface area (Å²) < 4.78 is 2.00. The Morgan fingerprint density at radius 2 is 2.15 bits per heavy atom. The Labute approximate surface area is 90.5 Å². The number of hydrogen-bond donors (Lipinski definition) is 1. The minimum Gasteiger partial charge on any atom is -0.326 e. The molecule has 1 fully saturated rings. The summed E-state index contributed by atoms with van der Waals surface area (Å²) in [4.78, 5) is 0. The highest BCUT2D eigenvalue weighted by Gasteiger charge is 2.21. The van der Waals surface area contributed by atoms with Gasteiger partial charge in [0.1, 0.15) is 0 Å². The minimum absolute atomic E-state index is 0. The Balaban J connectivity index is 0.000000720. The summed E-state index contributed by atoms with van der Waals surface area (Å²) in [5, 5.41) is 4.20. The van der Waals surface area contributed by atoms with Gasteiger partial charge in [-0.05, 0) is 18.8 Å². The number of hydrogen-bond acceptors (Lipinski definition) is 2. The fourth-order valence-electron chi connectivity index (χ4n) is 1.18. The molecular formula is C8H15Cl2N3. The molecule has 0 unspecified atom stereocenters. The third kappa shape index (κ3) is 3.55. The van der Waals surface area contributed by atoms with Crippen LogP contribution in [-0.2, 0) is 13.1 Å². The molecule has 0 amide bonds. The van der Waals surface area contributed by atoms with E-state index in [0.717, 1.165) is 18.0 Å². The van der Waals surface area contributed by atoms with Gasteiger partial charge in [-0.15, -0.1) is 24.8 Å². The third-order valence-electron chi connectivity index (χ3n) is 2.06. The monoisotopic (exact) mass is 223 g/mol. The molecule has 1 aliphatic rings. The molecule has 0 aliphatic heterocycles. The summed E-state index contributed by atoms with van der Waals surface area (Å²) in [6.45, 7) is 1.69. The highest BCUT2D eigenvalue weighted by molar-refractivity contribution is 5.85. The lowest BCUT2D eigenvalue weighted by molar-refractivity contribution is 0.563. The topological polar surface area (TPSA) is 43.8 Å². The van der Waals surface area contributed by atoms with Gasteiger partial charge in [0.15, 0.2) is 0 Å². The first-order chi connectivity index (χ1) is 5.38. The van der Waals surface area contributed by atoms with Crippen molar-refractivity contribution in [3.8, 4) is 0 Å². The van der Waals surface area contributed by atoms with Gasteiger partial charge in [0, 0.05) is 24.8 Å². The zero-order valence-electron chi connectivity index (χ0n) is 7.35. The molecule has 3 nitrogen and oxygen atoms in total. The maximum absolute atomic E-state index is 5.46. The average molecular weight is 224 g/mol. The smallest absolute Gasteiger partial charge is 0.0534 e. The van der Waals surface area contributed by atoms with Crippen LogP contribution in [0.1, 0.15) is 18.4 Å². The predicted molar refractivity (Wildman–Crippen MR) is 57.3 cm³/mol. The van der Waals surface area contributed by atoms with Gasteiger partial charge in [-0.3, -0.25) is 4.68 Å². The van der Waals surface area contributed by atoms with E-state index in [1.165, 1.54) is 12.8 Å². The van der Waals surface area contributed by atoms with Crippen LogP contribution in [0.2, 0.25) is 0 Å². The van der Waals surface area contributed by atoms with Gasteiger partial charge in [-0.2, -0.15) is 5.10 Å². The van der Waals surface area contributed by atoms with Crippen LogP contribution in [0.4, 0.5) is 0 Å². The van der Waals surface area contributed by atoms with Gasteiger partial charge in [-0.25, -0.2) is 0 Å². The zero-order chi connectivity index (χ0) is 7.68. The lowest BCUT2D eigenvalue weighted by atomic mass is 10.4. The lowest BCUT2D eigenvalue weighted by Crippen LogP contribution is -1.99. The standard InChI is InChI=1S/C8H13N3.2ClH/c9-3-8-4-10-11(6-8)5-7-1-2-7;;/h4,6-7H,1-3,5,9H2;2*1H. The Hall–Kier alpha value is -0.250. The summed E-state index contributed by atoms with van der Waals surface area (Å²) in [5.41, 5.74) is 6.59. The maximum Gasteiger partial charge on any atom is 0.0534 e. The number of halogens is 2. The molecule has 5 heteroatoms. The summed E-state index contributed by atoms with van der Waals surface area (Å²) >= 11 is 0. The van der Waals surface area contributed by atoms with Crippen LogP contribution in [-0.4, -0.2) is 9.78 Å². The SMILES string of the molecule is Cl.Cl.NCc1cnn(CC2CC2)c1. The molecule has 0 spiro atoms. The Bertz CT molecular complexity index is 245. The molecule has 76 valence electrons. The molecule has 0 aromatic carbocycles. The largest absolute Gasteiger partial charge is 0.326 e. The minimum atomic E-state index is 0. The summed E-state index contributed by atoms with van der Waals surface area (Å²) in [6, 6.07) is 0. The Kier molecular flexibility index (Phi) is 5.37. The Morgan fingerprint density at radius 1 is 1.46 bits per heavy atom. The van der Waals surface area contributed by atoms with E-state index in [2.05, 4.69) is 5.10 Å². The van der Waals surface area contributed by atoms with Crippen LogP contribution >= 0.6 is 24.8 Å². The van der Waals surface area contributed by atoms with Gasteiger partial charge in [-0.1, -0.05) is 0 Å². The average Bonchev–Trinajstić information content (AvgIpc) is 2.68. The van der Waals surface area contributed by atoms with E-state index in [1.54, 1.807) is 0 Å². The molecule has 1 aromatic heterocycles. The maximum atomic E-state index is 5.46. The van der Waals surface area contributed by atoms with Crippen LogP contribution < -0.4 is 5.73 Å². The molecule has 13 heavy (non-hydrogen) atoms. The molecular weight excluding hydrogens is 209 g/mol. The summed E-state index contributed by atoms with van der Waals surface area (Å²) in [7, 11) is 0. The summed E-state index contributed by atoms with van der Waals surface area (Å²) in [5.74, 6) is 0.889. The van der Waals surface area contributed by atoms with Crippen molar-refractivity contribution in [1.29, 1.82) is 0 Å². The first kappa shape index (κ1) is 12.8. The van der Waals surface area contributed by atoms with Gasteiger partial charge in [0.25, 0.3) is 0 Å². The second-order valence-electron chi connectivity index (χ2n) is 3.22. The summed E-state index contributed by atoms with van der Waals surface area (Å²) in [6.07, 6.45) is 6.64. The predicted octanol–water partition coefficient (Wildman–Crippen LogP) is 1.60. The van der Waals surface area contributed by atoms with Crippen molar-refractivity contribution in [3.63, 3.8) is 0 Å². The molecule has 2 rings (SSSR count). The van der Waals surface area contributed by atoms with E-state index in [4.69, 9.17) is 5.73 Å². The first-order valence-corrected chi connectivity index (χ1v) is 4.10. The molecule has 1 saturated carbocycles. The van der Waals surface area contributed by atoms with E-state index in [1.807, 2.05) is 17.1 Å². The van der Waals surface area contributed by atoms with Crippen LogP contribution in [0.5, 0.6) is 0 Å². The second kappa shape index (κ2) is 5.47. The molecule has 1 aromatic rings. The number of rotatable bonds is 3. The lowest BCUT2D eigenvalue weighted by Gasteiger charge is -1.95. The molecule has 0 bridgehead atoms. The van der Waals surface area contributed by atoms with E-state index >= 15 is 0 Å². The molecule has 2 N–H and O–H groups in total. The van der Waals surface area contributed by atoms with E-state index in [-0.39, 0.29) is 24.8 Å². The molecule has 0 radical (unpaired) electrons. The zero-order valence-corrected chi connectivity index (χ0v) is 8.98. The van der Waals surface area contributed by atoms with Crippen LogP contribution in [0.15, 0.2) is 12.4 Å². The van der Waals surface area contributed by atoms with Gasteiger partial charge >= 0.3 is 0 Å². The second-order valence-corrected chi connectivity index (χ2v) is 3.22. The van der Waals surface area contributed by atoms with E-state index in [0.29, 0.717) is 6.54 Å². The van der Waals surface area contributed by atoms with Crippen molar-refractivity contribution >= 4 is 24.8 Å². The van der Waals surface area contributed by atoms with E-state index in [9.17, 15) is 0 Å². The molecule has 0 saturated heterocycles. The van der Waals surface area contributed by atoms with Crippen LogP contribution in [0.25, 0.3) is 0 Å². The van der Waals surface area contributed by atoms with Gasteiger partial charge in [0.2, 0.25) is 0 Å². The van der Waals surface area contributed by atoms with Crippen LogP contribution in [0, 0.1) is 5.92 Å². The number of aromatic nitrogens is 2. The van der Waals surface area contributed by atoms with Crippen molar-refractivity contribution in [3.05, 3.63) is 18.0 Å². The highest BCUT2D eigenvalue weighted by atomic mass is 35.5. The molecule has 1 aliphatic carbocycles. The number of nitrogens with two attached hydrogens (primary N) is 1. The first-order valence-electron chi connectivity index (χ1n) is 4.10. The normalized spacial score (nSPS) is 14.5. The van der Waals surface area contributed by atoms with Gasteiger partial charge < -0.3 is 5.73 Å². The highest BCUT2D eigenvalue weighted by Crippen LogP contribution is 2.30. The third-order valence-corrected chi connectivity index (χ3v) is 2.06. The Morgan fingerprint density at radius 3 is 2.62 bits per heavy atom. The molecule has 0 atom stereocenters. The van der Waals surface area contributed by atoms with Crippen LogP contribution in [0.3, 0.4) is 0 Å². The van der Waals surface area contributed by atoms with Crippen molar-refractivity contribution in [1.82, 2.24) is 9.78 Å². The van der Waals surface area contributed by atoms with Crippen molar-refractivity contribution in [2.75, 3.05) is 0 Å². The van der Waals surface area contributed by atoms with Crippen molar-refractivity contribution < 1.29 is 0 Å². The van der Waals surface area contributed by atoms with Crippen molar-refractivity contribution in [2.45, 2.75) is 25.9 Å².